The number of ether oxygens (including phenoxy) is 4. The Balaban J connectivity index is 5.18. The molecule has 0 aliphatic rings. The van der Waals surface area contributed by atoms with E-state index in [2.05, 4.69) is 34.6 Å². The lowest BCUT2D eigenvalue weighted by Gasteiger charge is -2.21. The molecule has 19 heteroatoms. The van der Waals surface area contributed by atoms with Crippen LogP contribution in [0.4, 0.5) is 0 Å². The second kappa shape index (κ2) is 74.9. The van der Waals surface area contributed by atoms with Gasteiger partial charge in [-0.25, -0.2) is 9.13 Å². The summed E-state index contributed by atoms with van der Waals surface area (Å²) in [4.78, 5) is 72.9. The largest absolute Gasteiger partial charge is 0.472 e. The molecule has 0 aliphatic heterocycles. The first kappa shape index (κ1) is 99.1. The van der Waals surface area contributed by atoms with Crippen LogP contribution in [0.5, 0.6) is 0 Å². The molecule has 0 spiro atoms. The average molecular weight is 1480 g/mol. The van der Waals surface area contributed by atoms with Gasteiger partial charge in [-0.2, -0.15) is 0 Å². The van der Waals surface area contributed by atoms with Gasteiger partial charge in [0, 0.05) is 25.7 Å². The maximum absolute atomic E-state index is 13.1. The summed E-state index contributed by atoms with van der Waals surface area (Å²) in [6, 6.07) is 0. The van der Waals surface area contributed by atoms with Crippen molar-refractivity contribution in [2.45, 2.75) is 457 Å². The van der Waals surface area contributed by atoms with Crippen molar-refractivity contribution in [1.29, 1.82) is 0 Å². The minimum Gasteiger partial charge on any atom is -0.462 e. The van der Waals surface area contributed by atoms with Crippen LogP contribution in [0.15, 0.2) is 0 Å². The number of carbonyl (C=O) groups excluding carboxylic acids is 4. The van der Waals surface area contributed by atoms with E-state index in [9.17, 15) is 43.2 Å². The number of carbonyl (C=O) groups is 4. The quantitative estimate of drug-likeness (QED) is 0.0222. The molecule has 3 N–H and O–H groups in total. The molecule has 0 radical (unpaired) electrons. The maximum Gasteiger partial charge on any atom is 0.472 e. The molecule has 0 bridgehead atoms. The molecule has 600 valence electrons. The summed E-state index contributed by atoms with van der Waals surface area (Å²) in [6.45, 7) is 7.35. The van der Waals surface area contributed by atoms with E-state index in [1.165, 1.54) is 257 Å². The SMILES string of the molecule is CCCCCCCCCCCCCCCCCCCCCC(=O)OC[C@H](COP(=O)(O)OC[C@@H](O)COP(=O)(O)OC[C@@H](COC(=O)CCCCCCCCCC)OC(=O)CCCCCCCCCCCCCCC)OC(=O)CCCCCCCCCCCCCCCCCCCCC(C)C. The average Bonchev–Trinajstić information content (AvgIpc) is 0.962. The van der Waals surface area contributed by atoms with Gasteiger partial charge >= 0.3 is 39.5 Å². The third kappa shape index (κ3) is 76.1. The molecule has 0 aliphatic carbocycles. The van der Waals surface area contributed by atoms with Crippen molar-refractivity contribution < 1.29 is 80.2 Å². The Morgan fingerprint density at radius 1 is 0.267 bits per heavy atom. The van der Waals surface area contributed by atoms with E-state index in [0.717, 1.165) is 102 Å². The van der Waals surface area contributed by atoms with Crippen LogP contribution in [0.25, 0.3) is 0 Å². The number of unbranched alkanes of at least 4 members (excludes halogenated alkanes) is 54. The van der Waals surface area contributed by atoms with E-state index >= 15 is 0 Å². The van der Waals surface area contributed by atoms with Crippen LogP contribution in [0.3, 0.4) is 0 Å². The van der Waals surface area contributed by atoms with Crippen LogP contribution < -0.4 is 0 Å². The molecule has 101 heavy (non-hydrogen) atoms. The Hall–Kier alpha value is -1.94. The van der Waals surface area contributed by atoms with E-state index in [0.29, 0.717) is 25.7 Å². The first-order valence-corrected chi connectivity index (χ1v) is 45.6. The number of esters is 4. The Kier molecular flexibility index (Phi) is 73.5. The van der Waals surface area contributed by atoms with Crippen molar-refractivity contribution in [3.05, 3.63) is 0 Å². The number of aliphatic hydroxyl groups excluding tert-OH is 1. The summed E-state index contributed by atoms with van der Waals surface area (Å²) < 4.78 is 68.7. The van der Waals surface area contributed by atoms with Crippen LogP contribution in [-0.2, 0) is 65.4 Å². The molecule has 0 rings (SSSR count). The third-order valence-electron chi connectivity index (χ3n) is 19.3. The van der Waals surface area contributed by atoms with E-state index in [1.807, 2.05) is 0 Å². The maximum atomic E-state index is 13.1. The molecule has 5 atom stereocenters. The molecule has 0 heterocycles. The van der Waals surface area contributed by atoms with Gasteiger partial charge in [0.2, 0.25) is 0 Å². The predicted molar refractivity (Wildman–Crippen MR) is 414 cm³/mol. The minimum absolute atomic E-state index is 0.108. The number of aliphatic hydroxyl groups is 1. The normalized spacial score (nSPS) is 13.8. The van der Waals surface area contributed by atoms with Gasteiger partial charge in [-0.05, 0) is 31.6 Å². The van der Waals surface area contributed by atoms with E-state index in [-0.39, 0.29) is 25.7 Å². The van der Waals surface area contributed by atoms with Crippen LogP contribution in [0, 0.1) is 5.92 Å². The first-order valence-electron chi connectivity index (χ1n) is 42.6. The molecule has 0 aromatic carbocycles. The van der Waals surface area contributed by atoms with Crippen LogP contribution in [0.2, 0.25) is 0 Å². The van der Waals surface area contributed by atoms with E-state index in [4.69, 9.17) is 37.0 Å². The van der Waals surface area contributed by atoms with Gasteiger partial charge in [-0.1, -0.05) is 388 Å². The zero-order chi connectivity index (χ0) is 74.1. The summed E-state index contributed by atoms with van der Waals surface area (Å²) in [5.74, 6) is -1.29. The van der Waals surface area contributed by atoms with Gasteiger partial charge < -0.3 is 33.8 Å². The molecule has 0 aromatic rings. The molecule has 2 unspecified atom stereocenters. The molecule has 0 saturated carbocycles. The number of phosphoric acid groups is 2. The topological polar surface area (TPSA) is 237 Å². The summed E-state index contributed by atoms with van der Waals surface area (Å²) in [7, 11) is -9.91. The van der Waals surface area contributed by atoms with Gasteiger partial charge in [0.05, 0.1) is 26.4 Å². The van der Waals surface area contributed by atoms with Crippen molar-refractivity contribution in [3.63, 3.8) is 0 Å². The number of rotatable bonds is 82. The fourth-order valence-electron chi connectivity index (χ4n) is 12.8. The van der Waals surface area contributed by atoms with Crippen molar-refractivity contribution >= 4 is 39.5 Å². The molecular weight excluding hydrogens is 1320 g/mol. The Bertz CT molecular complexity index is 1930. The highest BCUT2D eigenvalue weighted by atomic mass is 31.2. The number of hydrogen-bond donors (Lipinski definition) is 3. The third-order valence-corrected chi connectivity index (χ3v) is 21.2. The minimum atomic E-state index is -4.96. The number of hydrogen-bond acceptors (Lipinski definition) is 15. The fourth-order valence-corrected chi connectivity index (χ4v) is 14.3. The highest BCUT2D eigenvalue weighted by Crippen LogP contribution is 2.45. The van der Waals surface area contributed by atoms with Crippen LogP contribution in [-0.4, -0.2) is 96.7 Å². The molecule has 0 amide bonds. The van der Waals surface area contributed by atoms with Crippen molar-refractivity contribution in [3.8, 4) is 0 Å². The van der Waals surface area contributed by atoms with Gasteiger partial charge in [0.15, 0.2) is 12.2 Å². The molecular formula is C82H160O17P2. The Morgan fingerprint density at radius 3 is 0.673 bits per heavy atom. The van der Waals surface area contributed by atoms with Crippen molar-refractivity contribution in [2.75, 3.05) is 39.6 Å². The van der Waals surface area contributed by atoms with E-state index < -0.39 is 97.5 Å². The zero-order valence-corrected chi connectivity index (χ0v) is 67.8. The zero-order valence-electron chi connectivity index (χ0n) is 66.1. The van der Waals surface area contributed by atoms with Crippen LogP contribution in [0.1, 0.15) is 439 Å². The molecule has 0 fully saturated rings. The summed E-state index contributed by atoms with van der Waals surface area (Å²) >= 11 is 0. The smallest absolute Gasteiger partial charge is 0.462 e. The molecule has 17 nitrogen and oxygen atoms in total. The van der Waals surface area contributed by atoms with Crippen molar-refractivity contribution in [2.24, 2.45) is 5.92 Å². The standard InChI is InChI=1S/C82H160O17P2/c1-6-9-12-15-18-21-23-25-26-27-28-32-35-39-42-46-51-56-61-66-80(85)93-72-78(99-82(87)68-63-58-53-48-44-40-36-33-30-29-31-34-38-41-45-49-54-59-64-75(4)5)74-97-101(90,91)95-70-76(83)69-94-100(88,89)96-73-77(71-92-79(84)65-60-55-50-20-17-14-11-8-3)98-81(86)67-62-57-52-47-43-37-24-22-19-16-13-10-7-2/h75-78,83H,6-74H2,1-5H3,(H,88,89)(H,90,91)/t76-,77+,78+/m0/s1. The number of phosphoric ester groups is 2. The van der Waals surface area contributed by atoms with Crippen molar-refractivity contribution in [1.82, 2.24) is 0 Å². The lowest BCUT2D eigenvalue weighted by molar-refractivity contribution is -0.161. The highest BCUT2D eigenvalue weighted by Gasteiger charge is 2.30. The predicted octanol–water partition coefficient (Wildman–Crippen LogP) is 24.8. The first-order chi connectivity index (χ1) is 49.0. The van der Waals surface area contributed by atoms with Gasteiger partial charge in [-0.3, -0.25) is 37.3 Å². The Morgan fingerprint density at radius 2 is 0.455 bits per heavy atom. The fraction of sp³-hybridized carbons (Fsp3) is 0.951. The monoisotopic (exact) mass is 1480 g/mol. The van der Waals surface area contributed by atoms with E-state index in [1.54, 1.807) is 0 Å². The lowest BCUT2D eigenvalue weighted by Crippen LogP contribution is -2.30. The molecule has 0 aromatic heterocycles. The second-order valence-corrected chi connectivity index (χ2v) is 32.9. The highest BCUT2D eigenvalue weighted by molar-refractivity contribution is 7.47. The van der Waals surface area contributed by atoms with Gasteiger partial charge in [0.25, 0.3) is 0 Å². The summed E-state index contributed by atoms with van der Waals surface area (Å²) in [5, 5.41) is 10.6. The second-order valence-electron chi connectivity index (χ2n) is 30.0. The van der Waals surface area contributed by atoms with Gasteiger partial charge in [-0.15, -0.1) is 0 Å². The molecule has 0 saturated heterocycles. The lowest BCUT2D eigenvalue weighted by atomic mass is 10.0. The van der Waals surface area contributed by atoms with Crippen LogP contribution >= 0.6 is 15.6 Å². The summed E-state index contributed by atoms with van der Waals surface area (Å²) in [5.41, 5.74) is 0. The summed E-state index contributed by atoms with van der Waals surface area (Å²) in [6.07, 6.45) is 66.7. The Labute approximate surface area is 619 Å². The van der Waals surface area contributed by atoms with Gasteiger partial charge in [0.1, 0.15) is 19.3 Å².